The normalized spacial score (nSPS) is 13.9. The number of amides is 3. The van der Waals surface area contributed by atoms with Gasteiger partial charge in [0.25, 0.3) is 11.8 Å². The van der Waals surface area contributed by atoms with Crippen molar-refractivity contribution in [1.29, 1.82) is 0 Å². The molecule has 1 aromatic heterocycles. The van der Waals surface area contributed by atoms with Crippen LogP contribution < -0.4 is 20.9 Å². The number of nitrogens with zero attached hydrogens (tertiary/aromatic N) is 4. The minimum atomic E-state index is -4.51. The van der Waals surface area contributed by atoms with E-state index in [9.17, 15) is 27.6 Å². The minimum Gasteiger partial charge on any atom is -0.372 e. The van der Waals surface area contributed by atoms with Crippen LogP contribution in [0, 0.1) is 0 Å². The largest absolute Gasteiger partial charge is 0.416 e. The van der Waals surface area contributed by atoms with E-state index in [0.29, 0.717) is 25.3 Å². The van der Waals surface area contributed by atoms with E-state index in [1.807, 2.05) is 31.0 Å². The Morgan fingerprint density at radius 3 is 2.44 bits per heavy atom. The van der Waals surface area contributed by atoms with Crippen molar-refractivity contribution >= 4 is 34.9 Å². The highest BCUT2D eigenvalue weighted by atomic mass is 19.4. The Hall–Kier alpha value is -5.21. The molecule has 1 aliphatic heterocycles. The maximum atomic E-state index is 13.8. The molecule has 1 aliphatic rings. The molecular weight excluding hydrogens is 675 g/mol. The van der Waals surface area contributed by atoms with E-state index in [2.05, 4.69) is 25.9 Å². The lowest BCUT2D eigenvalue weighted by molar-refractivity contribution is -0.137. The van der Waals surface area contributed by atoms with E-state index >= 15 is 0 Å². The zero-order chi connectivity index (χ0) is 37.3. The molecule has 0 spiro atoms. The van der Waals surface area contributed by atoms with Crippen molar-refractivity contribution in [3.63, 3.8) is 0 Å². The number of aromatic nitrogens is 2. The predicted molar refractivity (Wildman–Crippen MR) is 194 cm³/mol. The summed E-state index contributed by atoms with van der Waals surface area (Å²) in [6, 6.07) is 18.7. The van der Waals surface area contributed by atoms with Crippen molar-refractivity contribution in [2.75, 3.05) is 48.8 Å². The van der Waals surface area contributed by atoms with E-state index in [0.717, 1.165) is 55.7 Å². The monoisotopic (exact) mass is 719 g/mol. The van der Waals surface area contributed by atoms with Crippen molar-refractivity contribution in [1.82, 2.24) is 20.0 Å². The highest BCUT2D eigenvalue weighted by Gasteiger charge is 2.30. The van der Waals surface area contributed by atoms with E-state index in [1.54, 1.807) is 37.3 Å². The van der Waals surface area contributed by atoms with Gasteiger partial charge in [-0.25, -0.2) is 4.68 Å². The highest BCUT2D eigenvalue weighted by molar-refractivity contribution is 6.12. The maximum Gasteiger partial charge on any atom is 0.416 e. The SMILES string of the molecule is CCOC(C)NC(=O)CCN(C)Cc1cccc(C(=O)Nc2ccc(N3CCCCC3)cc2C(=O)Nc2ccn(-c3cccc(C(F)(F)F)c3)n2)c1. The molecule has 4 aromatic rings. The Kier molecular flexibility index (Phi) is 12.7. The van der Waals surface area contributed by atoms with Gasteiger partial charge in [0.2, 0.25) is 5.91 Å². The molecular formula is C38H44F3N7O4. The fourth-order valence-corrected chi connectivity index (χ4v) is 6.00. The third-order valence-electron chi connectivity index (χ3n) is 8.63. The van der Waals surface area contributed by atoms with Crippen LogP contribution in [0.5, 0.6) is 0 Å². The van der Waals surface area contributed by atoms with Gasteiger partial charge in [-0.15, -0.1) is 0 Å². The lowest BCUT2D eigenvalue weighted by Crippen LogP contribution is -2.36. The number of carbonyl (C=O) groups excluding carboxylic acids is 3. The number of benzene rings is 3. The third-order valence-corrected chi connectivity index (χ3v) is 8.63. The molecule has 1 unspecified atom stereocenters. The maximum absolute atomic E-state index is 13.8. The summed E-state index contributed by atoms with van der Waals surface area (Å²) in [5.41, 5.74) is 1.96. The van der Waals surface area contributed by atoms with Crippen molar-refractivity contribution in [2.45, 2.75) is 58.5 Å². The fourth-order valence-electron chi connectivity index (χ4n) is 6.00. The molecule has 3 N–H and O–H groups in total. The molecule has 0 saturated carbocycles. The Balaban J connectivity index is 1.30. The summed E-state index contributed by atoms with van der Waals surface area (Å²) >= 11 is 0. The van der Waals surface area contributed by atoms with Gasteiger partial charge in [0.05, 0.1) is 22.5 Å². The van der Waals surface area contributed by atoms with Crippen molar-refractivity contribution < 1.29 is 32.3 Å². The number of nitrogens with one attached hydrogen (secondary N) is 3. The van der Waals surface area contributed by atoms with Crippen LogP contribution in [-0.4, -0.2) is 71.9 Å². The molecule has 0 bridgehead atoms. The summed E-state index contributed by atoms with van der Waals surface area (Å²) in [7, 11) is 1.89. The van der Waals surface area contributed by atoms with Crippen molar-refractivity contribution in [3.05, 3.63) is 101 Å². The lowest BCUT2D eigenvalue weighted by Gasteiger charge is -2.29. The third kappa shape index (κ3) is 10.4. The standard InChI is InChI=1S/C38H44F3N7O4/c1-4-52-26(2)42-35(49)17-20-46(3)25-27-10-8-11-28(22-27)36(50)43-33-15-14-30(47-18-6-5-7-19-47)24-32(33)37(51)44-34-16-21-48(45-34)31-13-9-12-29(23-31)38(39,40)41/h8-16,21-24,26H,4-7,17-20,25H2,1-3H3,(H,42,49)(H,43,50)(H,44,45,51). The second-order valence-corrected chi connectivity index (χ2v) is 12.7. The summed E-state index contributed by atoms with van der Waals surface area (Å²) in [4.78, 5) is 43.8. The quantitative estimate of drug-likeness (QED) is 0.124. The van der Waals surface area contributed by atoms with Crippen LogP contribution in [0.25, 0.3) is 5.69 Å². The molecule has 52 heavy (non-hydrogen) atoms. The van der Waals surface area contributed by atoms with Gasteiger partial charge in [0.15, 0.2) is 5.82 Å². The van der Waals surface area contributed by atoms with Gasteiger partial charge in [-0.2, -0.15) is 18.3 Å². The van der Waals surface area contributed by atoms with E-state index in [1.165, 1.54) is 29.1 Å². The van der Waals surface area contributed by atoms with Crippen LogP contribution in [0.1, 0.15) is 71.4 Å². The van der Waals surface area contributed by atoms with Crippen LogP contribution in [0.2, 0.25) is 0 Å². The Labute approximate surface area is 301 Å². The number of hydrogen-bond donors (Lipinski definition) is 3. The van der Waals surface area contributed by atoms with Crippen molar-refractivity contribution in [2.24, 2.45) is 0 Å². The number of piperidine rings is 1. The first-order valence-electron chi connectivity index (χ1n) is 17.3. The zero-order valence-corrected chi connectivity index (χ0v) is 29.5. The van der Waals surface area contributed by atoms with Crippen LogP contribution in [0.3, 0.4) is 0 Å². The van der Waals surface area contributed by atoms with E-state index < -0.39 is 23.6 Å². The second-order valence-electron chi connectivity index (χ2n) is 12.7. The predicted octanol–water partition coefficient (Wildman–Crippen LogP) is 6.71. The molecule has 276 valence electrons. The first-order valence-corrected chi connectivity index (χ1v) is 17.3. The number of halogens is 3. The molecule has 3 amide bonds. The Morgan fingerprint density at radius 2 is 1.69 bits per heavy atom. The summed E-state index contributed by atoms with van der Waals surface area (Å²) in [5.74, 6) is -0.946. The zero-order valence-electron chi connectivity index (χ0n) is 29.5. The number of rotatable bonds is 14. The highest BCUT2D eigenvalue weighted by Crippen LogP contribution is 2.31. The van der Waals surface area contributed by atoms with Crippen LogP contribution in [0.15, 0.2) is 79.0 Å². The number of carbonyl (C=O) groups is 3. The van der Waals surface area contributed by atoms with Crippen LogP contribution in [0.4, 0.5) is 30.4 Å². The topological polar surface area (TPSA) is 121 Å². The van der Waals surface area contributed by atoms with Gasteiger partial charge in [0, 0.05) is 62.7 Å². The summed E-state index contributed by atoms with van der Waals surface area (Å²) in [6.07, 6.45) is 0.0582. The number of hydrogen-bond acceptors (Lipinski definition) is 7. The van der Waals surface area contributed by atoms with Crippen LogP contribution >= 0.6 is 0 Å². The smallest absolute Gasteiger partial charge is 0.372 e. The average molecular weight is 720 g/mol. The van der Waals surface area contributed by atoms with Crippen LogP contribution in [-0.2, 0) is 22.3 Å². The van der Waals surface area contributed by atoms with E-state index in [-0.39, 0.29) is 41.3 Å². The van der Waals surface area contributed by atoms with Gasteiger partial charge >= 0.3 is 6.18 Å². The van der Waals surface area contributed by atoms with Gasteiger partial charge < -0.3 is 30.5 Å². The Morgan fingerprint density at radius 1 is 0.923 bits per heavy atom. The molecule has 5 rings (SSSR count). The first kappa shape index (κ1) is 38.0. The second kappa shape index (κ2) is 17.3. The molecule has 11 nitrogen and oxygen atoms in total. The van der Waals surface area contributed by atoms with E-state index in [4.69, 9.17) is 4.74 Å². The van der Waals surface area contributed by atoms with Gasteiger partial charge in [-0.3, -0.25) is 14.4 Å². The Bertz CT molecular complexity index is 1860. The molecule has 2 heterocycles. The molecule has 1 atom stereocenters. The van der Waals surface area contributed by atoms with Crippen molar-refractivity contribution in [3.8, 4) is 5.69 Å². The molecule has 1 fully saturated rings. The summed E-state index contributed by atoms with van der Waals surface area (Å²) in [6.45, 7) is 6.83. The molecule has 0 radical (unpaired) electrons. The molecule has 0 aliphatic carbocycles. The molecule has 3 aromatic carbocycles. The fraction of sp³-hybridized carbons (Fsp3) is 0.368. The number of alkyl halides is 3. The van der Waals surface area contributed by atoms with Gasteiger partial charge in [-0.1, -0.05) is 18.2 Å². The minimum absolute atomic E-state index is 0.115. The van der Waals surface area contributed by atoms with Gasteiger partial charge in [-0.05, 0) is 94.3 Å². The first-order chi connectivity index (χ1) is 24.9. The number of ether oxygens (including phenoxy) is 1. The number of anilines is 3. The summed E-state index contributed by atoms with van der Waals surface area (Å²) in [5, 5.41) is 12.7. The molecule has 1 saturated heterocycles. The van der Waals surface area contributed by atoms with Gasteiger partial charge in [0.1, 0.15) is 6.23 Å². The average Bonchev–Trinajstić information content (AvgIpc) is 3.59. The molecule has 14 heteroatoms. The summed E-state index contributed by atoms with van der Waals surface area (Å²) < 4.78 is 46.5. The lowest BCUT2D eigenvalue weighted by atomic mass is 10.1.